The second-order valence-electron chi connectivity index (χ2n) is 3.41. The number of aliphatic carboxylic acids is 1. The predicted molar refractivity (Wildman–Crippen MR) is 55.4 cm³/mol. The number of carboxylic acids is 1. The number of carbonyl (C=O) groups is 2. The van der Waals surface area contributed by atoms with Crippen molar-refractivity contribution < 1.29 is 14.7 Å². The van der Waals surface area contributed by atoms with Crippen molar-refractivity contribution in [2.24, 2.45) is 0 Å². The summed E-state index contributed by atoms with van der Waals surface area (Å²) in [7, 11) is 1.67. The van der Waals surface area contributed by atoms with Gasteiger partial charge in [0.1, 0.15) is 0 Å². The molecule has 0 radical (unpaired) electrons. The van der Waals surface area contributed by atoms with Gasteiger partial charge in [0, 0.05) is 13.6 Å². The Hall–Kier alpha value is -0.710. The zero-order chi connectivity index (χ0) is 10.6. The van der Waals surface area contributed by atoms with Crippen LogP contribution in [0, 0.1) is 0 Å². The summed E-state index contributed by atoms with van der Waals surface area (Å²) in [4.78, 5) is 23.5. The molecule has 1 N–H and O–H groups in total. The van der Waals surface area contributed by atoms with E-state index in [0.717, 1.165) is 18.6 Å². The van der Waals surface area contributed by atoms with Crippen molar-refractivity contribution in [1.82, 2.24) is 4.90 Å². The summed E-state index contributed by atoms with van der Waals surface area (Å²) in [6.07, 6.45) is 2.05. The molecule has 4 nitrogen and oxygen atoms in total. The molecule has 0 saturated carbocycles. The minimum absolute atomic E-state index is 0.0274. The van der Waals surface area contributed by atoms with Gasteiger partial charge in [0.05, 0.1) is 11.7 Å². The molecule has 1 fully saturated rings. The van der Waals surface area contributed by atoms with Crippen molar-refractivity contribution in [2.75, 3.05) is 19.3 Å². The Labute approximate surface area is 87.7 Å². The van der Waals surface area contributed by atoms with E-state index in [-0.39, 0.29) is 17.6 Å². The van der Waals surface area contributed by atoms with Gasteiger partial charge in [-0.05, 0) is 18.6 Å². The molecular formula is C9H15NO3S. The van der Waals surface area contributed by atoms with Crippen molar-refractivity contribution in [3.63, 3.8) is 0 Å². The molecular weight excluding hydrogens is 202 g/mol. The topological polar surface area (TPSA) is 57.6 Å². The van der Waals surface area contributed by atoms with E-state index in [4.69, 9.17) is 5.11 Å². The number of carbonyl (C=O) groups excluding carboxylic acids is 1. The van der Waals surface area contributed by atoms with Crippen LogP contribution in [-0.2, 0) is 9.59 Å². The number of rotatable bonds is 4. The number of hydrogen-bond acceptors (Lipinski definition) is 3. The highest BCUT2D eigenvalue weighted by atomic mass is 32.2. The third-order valence-corrected chi connectivity index (χ3v) is 3.61. The molecule has 1 atom stereocenters. The molecule has 1 saturated heterocycles. The second kappa shape index (κ2) is 5.24. The molecule has 1 unspecified atom stereocenters. The molecule has 0 bridgehead atoms. The van der Waals surface area contributed by atoms with Crippen LogP contribution in [0.2, 0.25) is 0 Å². The molecule has 1 aliphatic rings. The highest BCUT2D eigenvalue weighted by molar-refractivity contribution is 8.00. The van der Waals surface area contributed by atoms with Crippen LogP contribution in [0.25, 0.3) is 0 Å². The van der Waals surface area contributed by atoms with Gasteiger partial charge in [0.15, 0.2) is 0 Å². The van der Waals surface area contributed by atoms with E-state index in [1.165, 1.54) is 4.90 Å². The highest BCUT2D eigenvalue weighted by Gasteiger charge is 2.25. The monoisotopic (exact) mass is 217 g/mol. The van der Waals surface area contributed by atoms with Crippen molar-refractivity contribution in [3.05, 3.63) is 0 Å². The van der Waals surface area contributed by atoms with Crippen LogP contribution in [0.15, 0.2) is 0 Å². The Morgan fingerprint density at radius 3 is 2.79 bits per heavy atom. The standard InChI is InChI=1S/C9H15NO3S/c1-10(5-4-8(11)12)9(13)7-3-2-6-14-7/h7H,2-6H2,1H3,(H,11,12). The zero-order valence-electron chi connectivity index (χ0n) is 8.23. The average molecular weight is 217 g/mol. The van der Waals surface area contributed by atoms with E-state index >= 15 is 0 Å². The van der Waals surface area contributed by atoms with Gasteiger partial charge >= 0.3 is 5.97 Å². The number of thioether (sulfide) groups is 1. The molecule has 1 aliphatic heterocycles. The summed E-state index contributed by atoms with van der Waals surface area (Å²) < 4.78 is 0. The van der Waals surface area contributed by atoms with Crippen LogP contribution in [0.1, 0.15) is 19.3 Å². The predicted octanol–water partition coefficient (Wildman–Crippen LogP) is 0.815. The minimum Gasteiger partial charge on any atom is -0.481 e. The van der Waals surface area contributed by atoms with E-state index in [1.807, 2.05) is 0 Å². The van der Waals surface area contributed by atoms with Crippen LogP contribution in [0.4, 0.5) is 0 Å². The van der Waals surface area contributed by atoms with Crippen molar-refractivity contribution in [2.45, 2.75) is 24.5 Å². The fraction of sp³-hybridized carbons (Fsp3) is 0.778. The Morgan fingerprint density at radius 1 is 1.57 bits per heavy atom. The lowest BCUT2D eigenvalue weighted by molar-refractivity contribution is -0.138. The van der Waals surface area contributed by atoms with Gasteiger partial charge in [0.2, 0.25) is 5.91 Å². The van der Waals surface area contributed by atoms with Crippen molar-refractivity contribution in [1.29, 1.82) is 0 Å². The summed E-state index contributed by atoms with van der Waals surface area (Å²) in [5.41, 5.74) is 0. The van der Waals surface area contributed by atoms with E-state index in [1.54, 1.807) is 18.8 Å². The Morgan fingerprint density at radius 2 is 2.29 bits per heavy atom. The normalized spacial score (nSPS) is 20.8. The van der Waals surface area contributed by atoms with Gasteiger partial charge in [0.25, 0.3) is 0 Å². The third-order valence-electron chi connectivity index (χ3n) is 2.24. The first-order valence-electron chi connectivity index (χ1n) is 4.69. The largest absolute Gasteiger partial charge is 0.481 e. The molecule has 0 aromatic heterocycles. The summed E-state index contributed by atoms with van der Waals surface area (Å²) >= 11 is 1.67. The molecule has 0 aromatic carbocycles. The quantitative estimate of drug-likeness (QED) is 0.757. The minimum atomic E-state index is -0.858. The molecule has 1 heterocycles. The smallest absolute Gasteiger partial charge is 0.305 e. The van der Waals surface area contributed by atoms with Gasteiger partial charge in [-0.1, -0.05) is 0 Å². The number of hydrogen-bond donors (Lipinski definition) is 1. The third kappa shape index (κ3) is 3.21. The summed E-state index contributed by atoms with van der Waals surface area (Å²) in [5.74, 6) is 0.265. The first kappa shape index (κ1) is 11.4. The van der Waals surface area contributed by atoms with Gasteiger partial charge in [-0.2, -0.15) is 0 Å². The maximum Gasteiger partial charge on any atom is 0.305 e. The molecule has 0 aromatic rings. The molecule has 14 heavy (non-hydrogen) atoms. The van der Waals surface area contributed by atoms with Crippen LogP contribution in [0.3, 0.4) is 0 Å². The average Bonchev–Trinajstić information content (AvgIpc) is 2.65. The number of nitrogens with zero attached hydrogens (tertiary/aromatic N) is 1. The van der Waals surface area contributed by atoms with Crippen LogP contribution in [0.5, 0.6) is 0 Å². The van der Waals surface area contributed by atoms with Gasteiger partial charge in [-0.25, -0.2) is 0 Å². The first-order valence-corrected chi connectivity index (χ1v) is 5.74. The Bertz CT molecular complexity index is 226. The second-order valence-corrected chi connectivity index (χ2v) is 4.72. The van der Waals surface area contributed by atoms with E-state index in [2.05, 4.69) is 0 Å². The van der Waals surface area contributed by atoms with E-state index < -0.39 is 5.97 Å². The fourth-order valence-corrected chi connectivity index (χ4v) is 2.67. The molecule has 0 aliphatic carbocycles. The lowest BCUT2D eigenvalue weighted by Gasteiger charge is -2.19. The van der Waals surface area contributed by atoms with Gasteiger partial charge in [-0.15, -0.1) is 11.8 Å². The summed E-state index contributed by atoms with van der Waals surface area (Å²) in [5, 5.41) is 8.53. The molecule has 80 valence electrons. The maximum atomic E-state index is 11.7. The summed E-state index contributed by atoms with van der Waals surface area (Å²) in [6, 6.07) is 0. The first-order chi connectivity index (χ1) is 6.61. The zero-order valence-corrected chi connectivity index (χ0v) is 9.05. The maximum absolute atomic E-state index is 11.7. The lowest BCUT2D eigenvalue weighted by atomic mass is 10.2. The Kier molecular flexibility index (Phi) is 4.25. The van der Waals surface area contributed by atoms with Crippen molar-refractivity contribution in [3.8, 4) is 0 Å². The van der Waals surface area contributed by atoms with E-state index in [0.29, 0.717) is 6.54 Å². The van der Waals surface area contributed by atoms with E-state index in [9.17, 15) is 9.59 Å². The molecule has 1 amide bonds. The van der Waals surface area contributed by atoms with Gasteiger partial charge in [-0.3, -0.25) is 9.59 Å². The fourth-order valence-electron chi connectivity index (χ4n) is 1.39. The molecule has 1 rings (SSSR count). The van der Waals surface area contributed by atoms with Gasteiger partial charge < -0.3 is 10.0 Å². The van der Waals surface area contributed by atoms with Crippen molar-refractivity contribution >= 4 is 23.6 Å². The SMILES string of the molecule is CN(CCC(=O)O)C(=O)C1CCCS1. The van der Waals surface area contributed by atoms with Crippen LogP contribution >= 0.6 is 11.8 Å². The molecule has 5 heteroatoms. The number of carboxylic acid groups (broad SMARTS) is 1. The highest BCUT2D eigenvalue weighted by Crippen LogP contribution is 2.27. The lowest BCUT2D eigenvalue weighted by Crippen LogP contribution is -2.35. The van der Waals surface area contributed by atoms with Crippen LogP contribution < -0.4 is 0 Å². The molecule has 0 spiro atoms. The number of amides is 1. The Balaban J connectivity index is 2.31. The van der Waals surface area contributed by atoms with Crippen LogP contribution in [-0.4, -0.2) is 46.5 Å². The summed E-state index contributed by atoms with van der Waals surface area (Å²) in [6.45, 7) is 0.311.